The fraction of sp³-hybridized carbons (Fsp3) is 0.538. The van der Waals surface area contributed by atoms with E-state index < -0.39 is 0 Å². The maximum absolute atomic E-state index is 13.6. The molecule has 0 aromatic heterocycles. The number of ether oxygens (including phenoxy) is 1. The van der Waals surface area contributed by atoms with Gasteiger partial charge in [0, 0.05) is 6.04 Å². The Morgan fingerprint density at radius 1 is 1.50 bits per heavy atom. The van der Waals surface area contributed by atoms with Gasteiger partial charge < -0.3 is 10.5 Å². The van der Waals surface area contributed by atoms with Crippen molar-refractivity contribution in [3.63, 3.8) is 0 Å². The summed E-state index contributed by atoms with van der Waals surface area (Å²) in [6.07, 6.45) is 3.12. The first-order valence-corrected chi connectivity index (χ1v) is 5.82. The van der Waals surface area contributed by atoms with Crippen LogP contribution in [0.5, 0.6) is 5.75 Å². The molecule has 1 fully saturated rings. The van der Waals surface area contributed by atoms with Crippen LogP contribution in [-0.4, -0.2) is 12.6 Å². The van der Waals surface area contributed by atoms with Gasteiger partial charge in [-0.05, 0) is 49.8 Å². The first kappa shape index (κ1) is 11.4. The molecule has 1 unspecified atom stereocenters. The number of rotatable bonds is 5. The Balaban J connectivity index is 1.97. The highest BCUT2D eigenvalue weighted by Crippen LogP contribution is 2.30. The van der Waals surface area contributed by atoms with Gasteiger partial charge in [0.25, 0.3) is 0 Å². The van der Waals surface area contributed by atoms with E-state index in [0.29, 0.717) is 24.7 Å². The molecule has 0 heterocycles. The number of benzene rings is 1. The van der Waals surface area contributed by atoms with E-state index in [1.165, 1.54) is 18.9 Å². The molecule has 88 valence electrons. The molecule has 0 aliphatic heterocycles. The van der Waals surface area contributed by atoms with Gasteiger partial charge >= 0.3 is 0 Å². The lowest BCUT2D eigenvalue weighted by atomic mass is 10.1. The average Bonchev–Trinajstić information content (AvgIpc) is 2.99. The molecule has 2 rings (SSSR count). The SMILES string of the molecule is CC(N)Cc1ccc(OCC2CC2)c(F)c1. The number of halogens is 1. The van der Waals surface area contributed by atoms with Crippen LogP contribution in [0, 0.1) is 11.7 Å². The van der Waals surface area contributed by atoms with Crippen molar-refractivity contribution in [2.45, 2.75) is 32.2 Å². The zero-order valence-corrected chi connectivity index (χ0v) is 9.58. The van der Waals surface area contributed by atoms with Gasteiger partial charge in [-0.1, -0.05) is 6.07 Å². The van der Waals surface area contributed by atoms with Crippen molar-refractivity contribution in [1.29, 1.82) is 0 Å². The Morgan fingerprint density at radius 2 is 2.25 bits per heavy atom. The first-order valence-electron chi connectivity index (χ1n) is 5.82. The van der Waals surface area contributed by atoms with Crippen LogP contribution in [0.25, 0.3) is 0 Å². The molecule has 0 amide bonds. The summed E-state index contributed by atoms with van der Waals surface area (Å²) in [5.74, 6) is 0.724. The quantitative estimate of drug-likeness (QED) is 0.832. The van der Waals surface area contributed by atoms with Gasteiger partial charge in [-0.2, -0.15) is 0 Å². The second-order valence-electron chi connectivity index (χ2n) is 4.70. The Bertz CT molecular complexity index is 361. The number of hydrogen-bond acceptors (Lipinski definition) is 2. The minimum atomic E-state index is -0.279. The summed E-state index contributed by atoms with van der Waals surface area (Å²) in [7, 11) is 0. The average molecular weight is 223 g/mol. The zero-order valence-electron chi connectivity index (χ0n) is 9.58. The lowest BCUT2D eigenvalue weighted by Gasteiger charge is -2.09. The third-order valence-electron chi connectivity index (χ3n) is 2.73. The molecular weight excluding hydrogens is 205 g/mol. The molecule has 0 saturated heterocycles. The number of hydrogen-bond donors (Lipinski definition) is 1. The first-order chi connectivity index (χ1) is 7.65. The van der Waals surface area contributed by atoms with Crippen molar-refractivity contribution in [1.82, 2.24) is 0 Å². The molecule has 16 heavy (non-hydrogen) atoms. The second-order valence-corrected chi connectivity index (χ2v) is 4.70. The van der Waals surface area contributed by atoms with E-state index in [2.05, 4.69) is 0 Å². The molecule has 3 heteroatoms. The zero-order chi connectivity index (χ0) is 11.5. The maximum atomic E-state index is 13.6. The van der Waals surface area contributed by atoms with Gasteiger partial charge in [-0.15, -0.1) is 0 Å². The Kier molecular flexibility index (Phi) is 3.44. The monoisotopic (exact) mass is 223 g/mol. The standard InChI is InChI=1S/C13H18FNO/c1-9(15)6-11-4-5-13(12(14)7-11)16-8-10-2-3-10/h4-5,7,9-10H,2-3,6,8,15H2,1H3. The highest BCUT2D eigenvalue weighted by Gasteiger charge is 2.22. The van der Waals surface area contributed by atoms with Gasteiger partial charge in [-0.25, -0.2) is 4.39 Å². The van der Waals surface area contributed by atoms with Gasteiger partial charge in [0.2, 0.25) is 0 Å². The largest absolute Gasteiger partial charge is 0.490 e. The molecule has 1 atom stereocenters. The van der Waals surface area contributed by atoms with Crippen molar-refractivity contribution in [3.8, 4) is 5.75 Å². The van der Waals surface area contributed by atoms with Gasteiger partial charge in [-0.3, -0.25) is 0 Å². The van der Waals surface area contributed by atoms with Crippen LogP contribution in [0.15, 0.2) is 18.2 Å². The predicted molar refractivity (Wildman–Crippen MR) is 62.0 cm³/mol. The molecule has 1 aromatic carbocycles. The molecule has 0 spiro atoms. The Morgan fingerprint density at radius 3 is 2.81 bits per heavy atom. The van der Waals surface area contributed by atoms with E-state index in [9.17, 15) is 4.39 Å². The molecule has 2 N–H and O–H groups in total. The van der Waals surface area contributed by atoms with E-state index in [1.807, 2.05) is 13.0 Å². The molecule has 1 saturated carbocycles. The molecule has 1 aliphatic rings. The highest BCUT2D eigenvalue weighted by atomic mass is 19.1. The predicted octanol–water partition coefficient (Wildman–Crippen LogP) is 2.50. The van der Waals surface area contributed by atoms with Crippen molar-refractivity contribution >= 4 is 0 Å². The van der Waals surface area contributed by atoms with E-state index in [4.69, 9.17) is 10.5 Å². The normalized spacial score (nSPS) is 17.2. The van der Waals surface area contributed by atoms with Crippen molar-refractivity contribution < 1.29 is 9.13 Å². The summed E-state index contributed by atoms with van der Waals surface area (Å²) in [5, 5.41) is 0. The number of nitrogens with two attached hydrogens (primary N) is 1. The molecule has 1 aliphatic carbocycles. The van der Waals surface area contributed by atoms with E-state index in [0.717, 1.165) is 5.56 Å². The molecule has 1 aromatic rings. The van der Waals surface area contributed by atoms with Crippen LogP contribution < -0.4 is 10.5 Å². The summed E-state index contributed by atoms with van der Waals surface area (Å²) in [6.45, 7) is 2.55. The third kappa shape index (κ3) is 3.20. The topological polar surface area (TPSA) is 35.2 Å². The lowest BCUT2D eigenvalue weighted by Crippen LogP contribution is -2.17. The van der Waals surface area contributed by atoms with Gasteiger partial charge in [0.15, 0.2) is 11.6 Å². The van der Waals surface area contributed by atoms with Crippen LogP contribution in [0.2, 0.25) is 0 Å². The lowest BCUT2D eigenvalue weighted by molar-refractivity contribution is 0.285. The summed E-state index contributed by atoms with van der Waals surface area (Å²) >= 11 is 0. The van der Waals surface area contributed by atoms with E-state index in [1.54, 1.807) is 6.07 Å². The smallest absolute Gasteiger partial charge is 0.165 e. The van der Waals surface area contributed by atoms with Crippen LogP contribution in [0.4, 0.5) is 4.39 Å². The van der Waals surface area contributed by atoms with Gasteiger partial charge in [0.05, 0.1) is 6.61 Å². The maximum Gasteiger partial charge on any atom is 0.165 e. The molecule has 0 bridgehead atoms. The van der Waals surface area contributed by atoms with E-state index in [-0.39, 0.29) is 11.9 Å². The van der Waals surface area contributed by atoms with E-state index >= 15 is 0 Å². The summed E-state index contributed by atoms with van der Waals surface area (Å²) in [5.41, 5.74) is 6.59. The van der Waals surface area contributed by atoms with Crippen LogP contribution in [-0.2, 0) is 6.42 Å². The summed E-state index contributed by atoms with van der Waals surface area (Å²) in [4.78, 5) is 0. The third-order valence-corrected chi connectivity index (χ3v) is 2.73. The van der Waals surface area contributed by atoms with Gasteiger partial charge in [0.1, 0.15) is 0 Å². The Hall–Kier alpha value is -1.09. The molecule has 2 nitrogen and oxygen atoms in total. The molecule has 0 radical (unpaired) electrons. The summed E-state index contributed by atoms with van der Waals surface area (Å²) < 4.78 is 19.0. The minimum absolute atomic E-state index is 0.0534. The van der Waals surface area contributed by atoms with Crippen LogP contribution in [0.1, 0.15) is 25.3 Å². The van der Waals surface area contributed by atoms with Crippen LogP contribution >= 0.6 is 0 Å². The second kappa shape index (κ2) is 4.83. The minimum Gasteiger partial charge on any atom is -0.490 e. The Labute approximate surface area is 95.6 Å². The fourth-order valence-corrected chi connectivity index (χ4v) is 1.65. The van der Waals surface area contributed by atoms with Crippen molar-refractivity contribution in [3.05, 3.63) is 29.6 Å². The van der Waals surface area contributed by atoms with Crippen molar-refractivity contribution in [2.24, 2.45) is 11.7 Å². The fourth-order valence-electron chi connectivity index (χ4n) is 1.65. The highest BCUT2D eigenvalue weighted by molar-refractivity contribution is 5.29. The van der Waals surface area contributed by atoms with Crippen molar-refractivity contribution in [2.75, 3.05) is 6.61 Å². The van der Waals surface area contributed by atoms with Crippen LogP contribution in [0.3, 0.4) is 0 Å². The molecular formula is C13H18FNO. The summed E-state index contributed by atoms with van der Waals surface area (Å²) in [6, 6.07) is 5.16.